The molecular formula is C12H17NO3. The molecule has 0 unspecified atom stereocenters. The largest absolute Gasteiger partial charge is 0.361 e. The first-order valence-electron chi connectivity index (χ1n) is 5.99. The highest BCUT2D eigenvalue weighted by molar-refractivity contribution is 5.10. The Balaban J connectivity index is 1.66. The first kappa shape index (κ1) is 10.3. The van der Waals surface area contributed by atoms with Crippen LogP contribution in [0.1, 0.15) is 43.1 Å². The molecule has 1 aliphatic carbocycles. The molecule has 0 atom stereocenters. The molecule has 1 aliphatic heterocycles. The Bertz CT molecular complexity index is 358. The molecule has 0 N–H and O–H groups in total. The van der Waals surface area contributed by atoms with E-state index in [9.17, 15) is 0 Å². The highest BCUT2D eigenvalue weighted by Crippen LogP contribution is 2.42. The van der Waals surface area contributed by atoms with E-state index in [4.69, 9.17) is 14.0 Å². The lowest BCUT2D eigenvalue weighted by Gasteiger charge is -2.34. The topological polar surface area (TPSA) is 44.5 Å². The van der Waals surface area contributed by atoms with Gasteiger partial charge in [-0.15, -0.1) is 0 Å². The molecule has 0 radical (unpaired) electrons. The zero-order chi connectivity index (χ0) is 11.0. The molecule has 1 aromatic rings. The fourth-order valence-electron chi connectivity index (χ4n) is 2.70. The van der Waals surface area contributed by atoms with Crippen molar-refractivity contribution in [3.05, 3.63) is 17.5 Å². The number of hydrogen-bond donors (Lipinski definition) is 0. The van der Waals surface area contributed by atoms with Crippen molar-refractivity contribution in [3.63, 3.8) is 0 Å². The number of aryl methyl sites for hydroxylation is 1. The Morgan fingerprint density at radius 1 is 1.25 bits per heavy atom. The fourth-order valence-corrected chi connectivity index (χ4v) is 2.70. The van der Waals surface area contributed by atoms with E-state index < -0.39 is 0 Å². The van der Waals surface area contributed by atoms with Gasteiger partial charge in [0, 0.05) is 24.8 Å². The van der Waals surface area contributed by atoms with Crippen LogP contribution in [-0.4, -0.2) is 24.2 Å². The molecule has 88 valence electrons. The third-order valence-electron chi connectivity index (χ3n) is 3.61. The maximum Gasteiger partial charge on any atom is 0.168 e. The molecule has 0 bridgehead atoms. The summed E-state index contributed by atoms with van der Waals surface area (Å²) in [6, 6.07) is 2.04. The fraction of sp³-hybridized carbons (Fsp3) is 0.750. The Morgan fingerprint density at radius 2 is 1.94 bits per heavy atom. The van der Waals surface area contributed by atoms with Gasteiger partial charge in [-0.25, -0.2) is 0 Å². The normalized spacial score (nSPS) is 25.3. The Kier molecular flexibility index (Phi) is 2.48. The summed E-state index contributed by atoms with van der Waals surface area (Å²) in [5.74, 6) is 1.23. The second-order valence-electron chi connectivity index (χ2n) is 4.75. The summed E-state index contributed by atoms with van der Waals surface area (Å²) in [4.78, 5) is 0. The summed E-state index contributed by atoms with van der Waals surface area (Å²) in [6.45, 7) is 3.44. The van der Waals surface area contributed by atoms with Gasteiger partial charge in [0.2, 0.25) is 0 Å². The molecule has 1 spiro atoms. The van der Waals surface area contributed by atoms with E-state index in [1.165, 1.54) is 0 Å². The number of nitrogens with zero attached hydrogens (tertiary/aromatic N) is 1. The minimum atomic E-state index is -0.272. The minimum absolute atomic E-state index is 0.272. The summed E-state index contributed by atoms with van der Waals surface area (Å²) in [6.07, 6.45) is 4.07. The van der Waals surface area contributed by atoms with Crippen LogP contribution in [0.2, 0.25) is 0 Å². The summed E-state index contributed by atoms with van der Waals surface area (Å²) >= 11 is 0. The van der Waals surface area contributed by atoms with E-state index >= 15 is 0 Å². The van der Waals surface area contributed by atoms with Crippen LogP contribution in [0, 0.1) is 6.92 Å². The van der Waals surface area contributed by atoms with Crippen LogP contribution in [-0.2, 0) is 9.47 Å². The summed E-state index contributed by atoms with van der Waals surface area (Å²) in [5.41, 5.74) is 0.962. The van der Waals surface area contributed by atoms with Gasteiger partial charge >= 0.3 is 0 Å². The molecule has 4 nitrogen and oxygen atoms in total. The first-order valence-corrected chi connectivity index (χ1v) is 5.99. The zero-order valence-electron chi connectivity index (χ0n) is 9.57. The van der Waals surface area contributed by atoms with E-state index in [1.807, 2.05) is 13.0 Å². The molecule has 3 rings (SSSR count). The van der Waals surface area contributed by atoms with Crippen molar-refractivity contribution in [3.8, 4) is 0 Å². The number of aromatic nitrogens is 1. The number of ether oxygens (including phenoxy) is 2. The van der Waals surface area contributed by atoms with Gasteiger partial charge in [-0.1, -0.05) is 5.16 Å². The van der Waals surface area contributed by atoms with Crippen LogP contribution >= 0.6 is 0 Å². The molecule has 0 aromatic carbocycles. The van der Waals surface area contributed by atoms with Crippen LogP contribution in [0.15, 0.2) is 10.6 Å². The maximum atomic E-state index is 5.70. The van der Waals surface area contributed by atoms with E-state index in [0.717, 1.165) is 50.4 Å². The van der Waals surface area contributed by atoms with Gasteiger partial charge in [0.05, 0.1) is 18.9 Å². The predicted molar refractivity (Wildman–Crippen MR) is 57.1 cm³/mol. The molecule has 2 heterocycles. The average molecular weight is 223 g/mol. The van der Waals surface area contributed by atoms with Crippen LogP contribution in [0.5, 0.6) is 0 Å². The quantitative estimate of drug-likeness (QED) is 0.733. The van der Waals surface area contributed by atoms with Crippen LogP contribution in [0.4, 0.5) is 0 Å². The molecule has 0 amide bonds. The summed E-state index contributed by atoms with van der Waals surface area (Å²) < 4.78 is 16.7. The lowest BCUT2D eigenvalue weighted by atomic mass is 9.83. The second-order valence-corrected chi connectivity index (χ2v) is 4.75. The van der Waals surface area contributed by atoms with Gasteiger partial charge in [0.15, 0.2) is 5.79 Å². The van der Waals surface area contributed by atoms with Crippen LogP contribution in [0.25, 0.3) is 0 Å². The highest BCUT2D eigenvalue weighted by Gasteiger charge is 2.41. The van der Waals surface area contributed by atoms with E-state index in [2.05, 4.69) is 5.16 Å². The van der Waals surface area contributed by atoms with Gasteiger partial charge in [0.1, 0.15) is 5.76 Å². The molecular weight excluding hydrogens is 206 g/mol. The van der Waals surface area contributed by atoms with E-state index in [-0.39, 0.29) is 5.79 Å². The lowest BCUT2D eigenvalue weighted by molar-refractivity contribution is -0.179. The smallest absolute Gasteiger partial charge is 0.168 e. The molecule has 16 heavy (non-hydrogen) atoms. The zero-order valence-corrected chi connectivity index (χ0v) is 9.57. The van der Waals surface area contributed by atoms with Crippen molar-refractivity contribution in [1.29, 1.82) is 0 Å². The Labute approximate surface area is 94.9 Å². The van der Waals surface area contributed by atoms with E-state index in [0.29, 0.717) is 5.92 Å². The van der Waals surface area contributed by atoms with Crippen molar-refractivity contribution in [1.82, 2.24) is 5.16 Å². The Morgan fingerprint density at radius 3 is 2.50 bits per heavy atom. The predicted octanol–water partition coefficient (Wildman–Crippen LogP) is 2.38. The Hall–Kier alpha value is -0.870. The van der Waals surface area contributed by atoms with Crippen molar-refractivity contribution in [2.24, 2.45) is 0 Å². The summed E-state index contributed by atoms with van der Waals surface area (Å²) in [5, 5.41) is 3.94. The second kappa shape index (κ2) is 3.86. The average Bonchev–Trinajstić information content (AvgIpc) is 2.90. The molecule has 1 saturated carbocycles. The molecule has 1 saturated heterocycles. The highest BCUT2D eigenvalue weighted by atomic mass is 16.7. The maximum absolute atomic E-state index is 5.70. The van der Waals surface area contributed by atoms with Crippen LogP contribution < -0.4 is 0 Å². The number of hydrogen-bond acceptors (Lipinski definition) is 4. The monoisotopic (exact) mass is 223 g/mol. The lowest BCUT2D eigenvalue weighted by Crippen LogP contribution is -2.34. The van der Waals surface area contributed by atoms with Gasteiger partial charge in [-0.3, -0.25) is 0 Å². The van der Waals surface area contributed by atoms with Crippen molar-refractivity contribution < 1.29 is 14.0 Å². The standard InChI is InChI=1S/C12H17NO3/c1-9-8-11(16-13-9)10-2-4-12(5-3-10)14-6-7-15-12/h8,10H,2-7H2,1H3. The summed E-state index contributed by atoms with van der Waals surface area (Å²) in [7, 11) is 0. The molecule has 2 aliphatic rings. The molecule has 1 aromatic heterocycles. The third kappa shape index (κ3) is 1.76. The number of rotatable bonds is 1. The first-order chi connectivity index (χ1) is 7.77. The van der Waals surface area contributed by atoms with Gasteiger partial charge < -0.3 is 14.0 Å². The molecule has 4 heteroatoms. The van der Waals surface area contributed by atoms with Crippen molar-refractivity contribution >= 4 is 0 Å². The van der Waals surface area contributed by atoms with Crippen molar-refractivity contribution in [2.45, 2.75) is 44.3 Å². The van der Waals surface area contributed by atoms with Crippen LogP contribution in [0.3, 0.4) is 0 Å². The van der Waals surface area contributed by atoms with Gasteiger partial charge in [0.25, 0.3) is 0 Å². The minimum Gasteiger partial charge on any atom is -0.361 e. The van der Waals surface area contributed by atoms with E-state index in [1.54, 1.807) is 0 Å². The van der Waals surface area contributed by atoms with Gasteiger partial charge in [-0.05, 0) is 19.8 Å². The van der Waals surface area contributed by atoms with Crippen molar-refractivity contribution in [2.75, 3.05) is 13.2 Å². The third-order valence-corrected chi connectivity index (χ3v) is 3.61. The SMILES string of the molecule is Cc1cc(C2CCC3(CC2)OCCO3)on1. The molecule has 2 fully saturated rings. The van der Waals surface area contributed by atoms with Gasteiger partial charge in [-0.2, -0.15) is 0 Å².